The second kappa shape index (κ2) is 6.93. The summed E-state index contributed by atoms with van der Waals surface area (Å²) in [6.45, 7) is 6.47. The summed E-state index contributed by atoms with van der Waals surface area (Å²) in [7, 11) is 0. The Balaban J connectivity index is 1.51. The van der Waals surface area contributed by atoms with Crippen LogP contribution >= 0.6 is 11.3 Å². The van der Waals surface area contributed by atoms with E-state index in [-0.39, 0.29) is 5.91 Å². The Bertz CT molecular complexity index is 491. The predicted octanol–water partition coefficient (Wildman–Crippen LogP) is 3.09. The van der Waals surface area contributed by atoms with Gasteiger partial charge in [0.05, 0.1) is 5.56 Å². The summed E-state index contributed by atoms with van der Waals surface area (Å²) >= 11 is 1.77. The third-order valence-corrected chi connectivity index (χ3v) is 5.86. The first-order chi connectivity index (χ1) is 10.2. The van der Waals surface area contributed by atoms with Crippen molar-refractivity contribution in [3.8, 4) is 0 Å². The number of hydrogen-bond acceptors (Lipinski definition) is 3. The first-order valence-corrected chi connectivity index (χ1v) is 9.22. The topological polar surface area (TPSA) is 32.3 Å². The molecule has 1 aromatic heterocycles. The van der Waals surface area contributed by atoms with Crippen molar-refractivity contribution in [2.45, 2.75) is 45.4 Å². The van der Waals surface area contributed by atoms with Gasteiger partial charge < -0.3 is 10.2 Å². The summed E-state index contributed by atoms with van der Waals surface area (Å²) in [5.41, 5.74) is 2.27. The maximum Gasteiger partial charge on any atom is 0.252 e. The van der Waals surface area contributed by atoms with Gasteiger partial charge in [0.2, 0.25) is 0 Å². The largest absolute Gasteiger partial charge is 0.351 e. The van der Waals surface area contributed by atoms with Gasteiger partial charge in [-0.25, -0.2) is 0 Å². The fourth-order valence-electron chi connectivity index (χ4n) is 3.47. The summed E-state index contributed by atoms with van der Waals surface area (Å²) in [6.07, 6.45) is 7.43. The minimum atomic E-state index is 0.138. The number of nitrogens with zero attached hydrogens (tertiary/aromatic N) is 1. The maximum atomic E-state index is 12.4. The quantitative estimate of drug-likeness (QED) is 0.927. The van der Waals surface area contributed by atoms with Crippen LogP contribution in [0.3, 0.4) is 0 Å². The third-order valence-electron chi connectivity index (χ3n) is 4.81. The maximum absolute atomic E-state index is 12.4. The lowest BCUT2D eigenvalue weighted by Gasteiger charge is -2.26. The monoisotopic (exact) mass is 306 g/mol. The molecule has 116 valence electrons. The van der Waals surface area contributed by atoms with Crippen molar-refractivity contribution in [3.63, 3.8) is 0 Å². The number of hydrogen-bond donors (Lipinski definition) is 1. The average Bonchev–Trinajstić information content (AvgIpc) is 2.91. The molecule has 0 saturated carbocycles. The molecule has 1 amide bonds. The number of carbonyl (C=O) groups is 1. The number of piperidine rings is 1. The second-order valence-corrected chi connectivity index (χ2v) is 7.52. The van der Waals surface area contributed by atoms with Crippen LogP contribution in [0.25, 0.3) is 0 Å². The van der Waals surface area contributed by atoms with Crippen molar-refractivity contribution < 1.29 is 4.79 Å². The minimum Gasteiger partial charge on any atom is -0.351 e. The minimum absolute atomic E-state index is 0.138. The highest BCUT2D eigenvalue weighted by molar-refractivity contribution is 7.10. The molecular formula is C17H26N2OS. The molecule has 0 radical (unpaired) electrons. The van der Waals surface area contributed by atoms with Crippen LogP contribution in [0.4, 0.5) is 0 Å². The average molecular weight is 306 g/mol. The number of nitrogens with one attached hydrogen (secondary N) is 1. The lowest BCUT2D eigenvalue weighted by atomic mass is 9.88. The fraction of sp³-hybridized carbons (Fsp3) is 0.706. The van der Waals surface area contributed by atoms with Gasteiger partial charge in [-0.05, 0) is 56.7 Å². The third kappa shape index (κ3) is 3.67. The van der Waals surface area contributed by atoms with Crippen LogP contribution in [0.2, 0.25) is 0 Å². The smallest absolute Gasteiger partial charge is 0.252 e. The van der Waals surface area contributed by atoms with E-state index < -0.39 is 0 Å². The van der Waals surface area contributed by atoms with Crippen molar-refractivity contribution in [1.82, 2.24) is 10.2 Å². The first kappa shape index (κ1) is 15.0. The Hall–Kier alpha value is -0.870. The van der Waals surface area contributed by atoms with Gasteiger partial charge in [-0.3, -0.25) is 4.79 Å². The molecule has 3 nitrogen and oxygen atoms in total. The summed E-state index contributed by atoms with van der Waals surface area (Å²) in [4.78, 5) is 16.3. The lowest BCUT2D eigenvalue weighted by Crippen LogP contribution is -2.37. The van der Waals surface area contributed by atoms with E-state index in [2.05, 4.69) is 22.5 Å². The molecule has 2 heterocycles. The Morgan fingerprint density at radius 2 is 2.19 bits per heavy atom. The highest BCUT2D eigenvalue weighted by Gasteiger charge is 2.23. The van der Waals surface area contributed by atoms with Crippen LogP contribution in [-0.2, 0) is 12.8 Å². The van der Waals surface area contributed by atoms with Crippen LogP contribution in [0.1, 0.15) is 53.4 Å². The zero-order valence-corrected chi connectivity index (χ0v) is 13.8. The van der Waals surface area contributed by atoms with E-state index in [4.69, 9.17) is 0 Å². The molecule has 1 aliphatic carbocycles. The van der Waals surface area contributed by atoms with Gasteiger partial charge in [0.1, 0.15) is 0 Å². The summed E-state index contributed by atoms with van der Waals surface area (Å²) in [6, 6.07) is 0. The Kier molecular flexibility index (Phi) is 4.96. The number of carbonyl (C=O) groups excluding carboxylic acids is 1. The zero-order valence-electron chi connectivity index (χ0n) is 13.0. The van der Waals surface area contributed by atoms with E-state index in [0.717, 1.165) is 37.4 Å². The molecule has 1 aromatic rings. The van der Waals surface area contributed by atoms with Gasteiger partial charge in [-0.1, -0.05) is 13.3 Å². The van der Waals surface area contributed by atoms with Crippen LogP contribution in [0.15, 0.2) is 5.38 Å². The SMILES string of the molecule is CC1CCc2c(C(=O)NCCN3CCCCC3)csc2C1. The molecule has 1 fully saturated rings. The van der Waals surface area contributed by atoms with Crippen molar-refractivity contribution >= 4 is 17.2 Å². The van der Waals surface area contributed by atoms with E-state index in [1.807, 2.05) is 0 Å². The Labute approximate surface area is 131 Å². The van der Waals surface area contributed by atoms with Gasteiger partial charge in [0, 0.05) is 23.3 Å². The van der Waals surface area contributed by atoms with Crippen molar-refractivity contribution in [1.29, 1.82) is 0 Å². The Morgan fingerprint density at radius 3 is 3.00 bits per heavy atom. The molecule has 3 rings (SSSR count). The first-order valence-electron chi connectivity index (χ1n) is 8.34. The molecule has 0 spiro atoms. The van der Waals surface area contributed by atoms with Crippen molar-refractivity contribution in [3.05, 3.63) is 21.4 Å². The molecule has 4 heteroatoms. The molecule has 0 bridgehead atoms. The van der Waals surface area contributed by atoms with Gasteiger partial charge >= 0.3 is 0 Å². The normalized spacial score (nSPS) is 22.8. The van der Waals surface area contributed by atoms with Crippen LogP contribution < -0.4 is 5.32 Å². The van der Waals surface area contributed by atoms with Crippen molar-refractivity contribution in [2.75, 3.05) is 26.2 Å². The van der Waals surface area contributed by atoms with E-state index in [9.17, 15) is 4.79 Å². The van der Waals surface area contributed by atoms with E-state index in [0.29, 0.717) is 0 Å². The number of thiophene rings is 1. The standard InChI is InChI=1S/C17H26N2OS/c1-13-5-6-14-15(12-21-16(14)11-13)17(20)18-7-10-19-8-3-2-4-9-19/h12-13H,2-11H2,1H3,(H,18,20). The second-order valence-electron chi connectivity index (χ2n) is 6.56. The molecular weight excluding hydrogens is 280 g/mol. The lowest BCUT2D eigenvalue weighted by molar-refractivity contribution is 0.0945. The van der Waals surface area contributed by atoms with Crippen LogP contribution in [0, 0.1) is 5.92 Å². The van der Waals surface area contributed by atoms with E-state index in [1.165, 1.54) is 49.2 Å². The number of rotatable bonds is 4. The van der Waals surface area contributed by atoms with Crippen LogP contribution in [0.5, 0.6) is 0 Å². The van der Waals surface area contributed by atoms with Gasteiger partial charge in [0.15, 0.2) is 0 Å². The molecule has 1 unspecified atom stereocenters. The summed E-state index contributed by atoms with van der Waals surface area (Å²) in [5.74, 6) is 0.908. The number of likely N-dealkylation sites (tertiary alicyclic amines) is 1. The Morgan fingerprint density at radius 1 is 1.38 bits per heavy atom. The van der Waals surface area contributed by atoms with Crippen LogP contribution in [-0.4, -0.2) is 37.0 Å². The zero-order chi connectivity index (χ0) is 14.7. The summed E-state index contributed by atoms with van der Waals surface area (Å²) < 4.78 is 0. The van der Waals surface area contributed by atoms with Gasteiger partial charge in [0.25, 0.3) is 5.91 Å². The van der Waals surface area contributed by atoms with E-state index in [1.54, 1.807) is 11.3 Å². The van der Waals surface area contributed by atoms with Gasteiger partial charge in [-0.15, -0.1) is 11.3 Å². The summed E-state index contributed by atoms with van der Waals surface area (Å²) in [5, 5.41) is 5.19. The predicted molar refractivity (Wildman–Crippen MR) is 88.1 cm³/mol. The molecule has 1 saturated heterocycles. The van der Waals surface area contributed by atoms with Crippen molar-refractivity contribution in [2.24, 2.45) is 5.92 Å². The molecule has 1 aliphatic heterocycles. The molecule has 1 atom stereocenters. The molecule has 21 heavy (non-hydrogen) atoms. The number of fused-ring (bicyclic) bond motifs is 1. The van der Waals surface area contributed by atoms with E-state index >= 15 is 0 Å². The molecule has 1 N–H and O–H groups in total. The fourth-order valence-corrected chi connectivity index (χ4v) is 4.72. The molecule has 2 aliphatic rings. The number of amides is 1. The highest BCUT2D eigenvalue weighted by atomic mass is 32.1. The highest BCUT2D eigenvalue weighted by Crippen LogP contribution is 2.32. The molecule has 0 aromatic carbocycles. The van der Waals surface area contributed by atoms with Gasteiger partial charge in [-0.2, -0.15) is 0 Å².